The molecular weight excluding hydrogens is 284 g/mol. The van der Waals surface area contributed by atoms with E-state index >= 15 is 0 Å². The number of aromatic nitrogens is 2. The number of aromatic amines is 1. The Kier molecular flexibility index (Phi) is 3.66. The van der Waals surface area contributed by atoms with Crippen molar-refractivity contribution in [3.63, 3.8) is 0 Å². The molecule has 0 spiro atoms. The second-order valence-corrected chi connectivity index (χ2v) is 7.52. The molecule has 0 aliphatic carbocycles. The Morgan fingerprint density at radius 3 is 2.79 bits per heavy atom. The van der Waals surface area contributed by atoms with Crippen LogP contribution in [0, 0.1) is 0 Å². The average Bonchev–Trinajstić information content (AvgIpc) is 2.97. The number of hydrogen-bond acceptors (Lipinski definition) is 5. The Bertz CT molecular complexity index is 644. The number of nitrogens with one attached hydrogen (secondary N) is 2. The van der Waals surface area contributed by atoms with E-state index < -0.39 is 10.0 Å². The van der Waals surface area contributed by atoms with Crippen LogP contribution in [0.4, 0.5) is 5.82 Å². The van der Waals surface area contributed by atoms with E-state index in [2.05, 4.69) is 14.9 Å². The molecule has 0 aliphatic rings. The van der Waals surface area contributed by atoms with E-state index in [4.69, 9.17) is 5.73 Å². The lowest BCUT2D eigenvalue weighted by atomic mass is 9.92. The van der Waals surface area contributed by atoms with Gasteiger partial charge in [-0.25, -0.2) is 13.1 Å². The van der Waals surface area contributed by atoms with E-state index in [0.29, 0.717) is 6.54 Å². The molecule has 0 radical (unpaired) electrons. The predicted molar refractivity (Wildman–Crippen MR) is 75.5 cm³/mol. The number of hydrogen-bond donors (Lipinski definition) is 3. The molecule has 0 saturated carbocycles. The van der Waals surface area contributed by atoms with Crippen molar-refractivity contribution in [3.05, 3.63) is 28.6 Å². The smallest absolute Gasteiger partial charge is 0.245 e. The molecule has 2 aromatic rings. The van der Waals surface area contributed by atoms with Gasteiger partial charge in [0.15, 0.2) is 0 Å². The Morgan fingerprint density at radius 1 is 1.53 bits per heavy atom. The highest BCUT2D eigenvalue weighted by Crippen LogP contribution is 2.27. The number of sulfonamides is 1. The fourth-order valence-electron chi connectivity index (χ4n) is 1.60. The van der Waals surface area contributed by atoms with Gasteiger partial charge in [0.2, 0.25) is 10.0 Å². The summed E-state index contributed by atoms with van der Waals surface area (Å²) in [6.45, 7) is 4.26. The van der Waals surface area contributed by atoms with Gasteiger partial charge < -0.3 is 5.73 Å². The third-order valence-electron chi connectivity index (χ3n) is 2.81. The topological polar surface area (TPSA) is 101 Å². The quantitative estimate of drug-likeness (QED) is 0.775. The van der Waals surface area contributed by atoms with Crippen LogP contribution in [0.1, 0.15) is 18.7 Å². The molecule has 0 saturated heterocycles. The summed E-state index contributed by atoms with van der Waals surface area (Å²) in [6.07, 6.45) is 1.20. The number of nitrogens with zero attached hydrogens (tertiary/aromatic N) is 1. The van der Waals surface area contributed by atoms with Crippen LogP contribution in [0.15, 0.2) is 28.6 Å². The van der Waals surface area contributed by atoms with Crippen molar-refractivity contribution in [3.8, 4) is 0 Å². The molecule has 2 rings (SSSR count). The van der Waals surface area contributed by atoms with Crippen LogP contribution in [0.5, 0.6) is 0 Å². The second-order valence-electron chi connectivity index (χ2n) is 4.83. The molecular formula is C11H16N4O2S2. The minimum Gasteiger partial charge on any atom is -0.383 e. The standard InChI is InChI=1S/C11H16N4O2S2/c1-11(2,9-4-3-5-18-9)7-14-19(16,17)8-6-13-15-10(8)12/h3-6,14H,7H2,1-2H3,(H3,12,13,15). The molecule has 0 aliphatic heterocycles. The molecule has 8 heteroatoms. The van der Waals surface area contributed by atoms with Crippen molar-refractivity contribution < 1.29 is 8.42 Å². The van der Waals surface area contributed by atoms with Gasteiger partial charge in [0.05, 0.1) is 6.20 Å². The summed E-state index contributed by atoms with van der Waals surface area (Å²) in [5.41, 5.74) is 5.25. The van der Waals surface area contributed by atoms with Crippen molar-refractivity contribution in [2.45, 2.75) is 24.2 Å². The van der Waals surface area contributed by atoms with E-state index in [1.54, 1.807) is 11.3 Å². The van der Waals surface area contributed by atoms with E-state index in [1.807, 2.05) is 31.4 Å². The second kappa shape index (κ2) is 4.95. The van der Waals surface area contributed by atoms with Gasteiger partial charge in [-0.2, -0.15) is 5.10 Å². The Hall–Kier alpha value is -1.38. The molecule has 0 fully saturated rings. The SMILES string of the molecule is CC(C)(CNS(=O)(=O)c1cn[nH]c1N)c1cccs1. The number of thiophene rings is 1. The van der Waals surface area contributed by atoms with Crippen LogP contribution in [-0.4, -0.2) is 25.2 Å². The lowest BCUT2D eigenvalue weighted by molar-refractivity contribution is 0.509. The molecule has 19 heavy (non-hydrogen) atoms. The normalized spacial score (nSPS) is 12.7. The maximum atomic E-state index is 12.1. The number of nitrogen functional groups attached to an aromatic ring is 1. The van der Waals surface area contributed by atoms with Gasteiger partial charge in [0, 0.05) is 16.8 Å². The first-order valence-electron chi connectivity index (χ1n) is 5.65. The summed E-state index contributed by atoms with van der Waals surface area (Å²) in [7, 11) is -3.64. The minimum absolute atomic E-state index is 0.0190. The highest BCUT2D eigenvalue weighted by atomic mass is 32.2. The molecule has 0 bridgehead atoms. The maximum absolute atomic E-state index is 12.1. The zero-order valence-electron chi connectivity index (χ0n) is 10.7. The van der Waals surface area contributed by atoms with Crippen molar-refractivity contribution >= 4 is 27.2 Å². The number of rotatable bonds is 5. The molecule has 0 amide bonds. The fourth-order valence-corrected chi connectivity index (χ4v) is 3.69. The number of nitrogens with two attached hydrogens (primary N) is 1. The fraction of sp³-hybridized carbons (Fsp3) is 0.364. The molecule has 0 unspecified atom stereocenters. The van der Waals surface area contributed by atoms with E-state index in [9.17, 15) is 8.42 Å². The third kappa shape index (κ3) is 2.96. The first-order chi connectivity index (χ1) is 8.83. The third-order valence-corrected chi connectivity index (χ3v) is 5.48. The molecule has 104 valence electrons. The first kappa shape index (κ1) is 14.0. The molecule has 2 aromatic heterocycles. The van der Waals surface area contributed by atoms with Crippen molar-refractivity contribution in [2.24, 2.45) is 0 Å². The van der Waals surface area contributed by atoms with Crippen LogP contribution in [0.2, 0.25) is 0 Å². The van der Waals surface area contributed by atoms with Gasteiger partial charge in [-0.05, 0) is 11.4 Å². The van der Waals surface area contributed by atoms with Crippen LogP contribution in [0.25, 0.3) is 0 Å². The largest absolute Gasteiger partial charge is 0.383 e. The highest BCUT2D eigenvalue weighted by Gasteiger charge is 2.26. The zero-order chi connectivity index (χ0) is 14.1. The Balaban J connectivity index is 2.13. The summed E-state index contributed by atoms with van der Waals surface area (Å²) >= 11 is 1.60. The van der Waals surface area contributed by atoms with Crippen LogP contribution >= 0.6 is 11.3 Å². The van der Waals surface area contributed by atoms with Crippen LogP contribution in [-0.2, 0) is 15.4 Å². The number of anilines is 1. The van der Waals surface area contributed by atoms with Gasteiger partial charge in [-0.3, -0.25) is 5.10 Å². The van der Waals surface area contributed by atoms with Gasteiger partial charge in [-0.15, -0.1) is 11.3 Å². The van der Waals surface area contributed by atoms with Crippen molar-refractivity contribution in [2.75, 3.05) is 12.3 Å². The molecule has 0 atom stereocenters. The van der Waals surface area contributed by atoms with Gasteiger partial charge in [0.25, 0.3) is 0 Å². The molecule has 2 heterocycles. The monoisotopic (exact) mass is 300 g/mol. The summed E-state index contributed by atoms with van der Waals surface area (Å²) < 4.78 is 26.7. The van der Waals surface area contributed by atoms with E-state index in [-0.39, 0.29) is 16.1 Å². The van der Waals surface area contributed by atoms with E-state index in [1.165, 1.54) is 6.20 Å². The van der Waals surface area contributed by atoms with Crippen molar-refractivity contribution in [1.29, 1.82) is 0 Å². The number of H-pyrrole nitrogens is 1. The molecule has 6 nitrogen and oxygen atoms in total. The lowest BCUT2D eigenvalue weighted by Crippen LogP contribution is -2.36. The zero-order valence-corrected chi connectivity index (χ0v) is 12.3. The van der Waals surface area contributed by atoms with E-state index in [0.717, 1.165) is 4.88 Å². The summed E-state index contributed by atoms with van der Waals surface area (Å²) in [5.74, 6) is 0.0430. The Labute approximate surface area is 116 Å². The summed E-state index contributed by atoms with van der Waals surface area (Å²) in [4.78, 5) is 1.10. The predicted octanol–water partition coefficient (Wildman–Crippen LogP) is 1.31. The van der Waals surface area contributed by atoms with Gasteiger partial charge >= 0.3 is 0 Å². The molecule has 0 aromatic carbocycles. The average molecular weight is 300 g/mol. The summed E-state index contributed by atoms with van der Waals surface area (Å²) in [5, 5.41) is 8.00. The maximum Gasteiger partial charge on any atom is 0.245 e. The Morgan fingerprint density at radius 2 is 2.26 bits per heavy atom. The van der Waals surface area contributed by atoms with Gasteiger partial charge in [-0.1, -0.05) is 19.9 Å². The van der Waals surface area contributed by atoms with Crippen LogP contribution < -0.4 is 10.5 Å². The first-order valence-corrected chi connectivity index (χ1v) is 8.02. The molecule has 4 N–H and O–H groups in total. The highest BCUT2D eigenvalue weighted by molar-refractivity contribution is 7.89. The lowest BCUT2D eigenvalue weighted by Gasteiger charge is -2.23. The summed E-state index contributed by atoms with van der Waals surface area (Å²) in [6, 6.07) is 3.94. The van der Waals surface area contributed by atoms with Crippen LogP contribution in [0.3, 0.4) is 0 Å². The van der Waals surface area contributed by atoms with Gasteiger partial charge in [0.1, 0.15) is 10.7 Å². The van der Waals surface area contributed by atoms with Crippen molar-refractivity contribution in [1.82, 2.24) is 14.9 Å². The minimum atomic E-state index is -3.64.